The van der Waals surface area contributed by atoms with Gasteiger partial charge in [0.25, 0.3) is 0 Å². The van der Waals surface area contributed by atoms with Crippen LogP contribution in [0, 0.1) is 11.8 Å². The van der Waals surface area contributed by atoms with Crippen LogP contribution in [0.15, 0.2) is 0 Å². The topological polar surface area (TPSA) is 32.5 Å². The van der Waals surface area contributed by atoms with Gasteiger partial charge in [-0.25, -0.2) is 0 Å². The molecule has 1 unspecified atom stereocenters. The van der Waals surface area contributed by atoms with Crippen LogP contribution in [0.1, 0.15) is 40.0 Å². The number of nitrogens with two attached hydrogens (primary N) is 1. The van der Waals surface area contributed by atoms with Crippen LogP contribution in [0.5, 0.6) is 0 Å². The lowest BCUT2D eigenvalue weighted by Crippen LogP contribution is -2.54. The normalized spacial score (nSPS) is 19.8. The van der Waals surface area contributed by atoms with Gasteiger partial charge in [0.05, 0.1) is 0 Å². The van der Waals surface area contributed by atoms with Crippen LogP contribution in [0.25, 0.3) is 0 Å². The smallest absolute Gasteiger partial charge is 0.0306 e. The first-order chi connectivity index (χ1) is 8.37. The molecule has 3 heteroatoms. The Hall–Kier alpha value is -0.120. The van der Waals surface area contributed by atoms with Crippen LogP contribution in [0.4, 0.5) is 0 Å². The Morgan fingerprint density at radius 2 is 1.83 bits per heavy atom. The molecule has 108 valence electrons. The molecular formula is C15H33N3. The van der Waals surface area contributed by atoms with Gasteiger partial charge in [-0.3, -0.25) is 4.90 Å². The SMILES string of the molecule is CC(C)CN(CCN(C)C)C(C)(CN)CC1CC1. The molecule has 0 amide bonds. The maximum absolute atomic E-state index is 6.11. The molecule has 1 fully saturated rings. The van der Waals surface area contributed by atoms with Crippen molar-refractivity contribution in [1.82, 2.24) is 9.80 Å². The predicted molar refractivity (Wildman–Crippen MR) is 79.8 cm³/mol. The third-order valence-corrected chi connectivity index (χ3v) is 4.03. The molecule has 0 spiro atoms. The van der Waals surface area contributed by atoms with E-state index in [0.717, 1.165) is 32.1 Å². The van der Waals surface area contributed by atoms with E-state index in [4.69, 9.17) is 5.73 Å². The molecule has 0 saturated heterocycles. The standard InChI is InChI=1S/C15H33N3/c1-13(2)11-18(9-8-17(4)5)15(3,12-16)10-14-6-7-14/h13-14H,6-12,16H2,1-5H3. The summed E-state index contributed by atoms with van der Waals surface area (Å²) in [5.74, 6) is 1.64. The number of hydrogen-bond acceptors (Lipinski definition) is 3. The van der Waals surface area contributed by atoms with E-state index in [1.165, 1.54) is 19.3 Å². The summed E-state index contributed by atoms with van der Waals surface area (Å²) in [7, 11) is 4.29. The first-order valence-corrected chi connectivity index (χ1v) is 7.47. The first-order valence-electron chi connectivity index (χ1n) is 7.47. The van der Waals surface area contributed by atoms with Crippen molar-refractivity contribution in [2.45, 2.75) is 45.6 Å². The quantitative estimate of drug-likeness (QED) is 0.684. The van der Waals surface area contributed by atoms with Crippen molar-refractivity contribution in [3.63, 3.8) is 0 Å². The summed E-state index contributed by atoms with van der Waals surface area (Å²) in [5, 5.41) is 0. The maximum atomic E-state index is 6.11. The minimum atomic E-state index is 0.196. The highest BCUT2D eigenvalue weighted by Gasteiger charge is 2.36. The molecule has 0 bridgehead atoms. The van der Waals surface area contributed by atoms with E-state index < -0.39 is 0 Å². The Labute approximate surface area is 114 Å². The summed E-state index contributed by atoms with van der Waals surface area (Å²) < 4.78 is 0. The van der Waals surface area contributed by atoms with Crippen LogP contribution in [-0.4, -0.2) is 55.6 Å². The van der Waals surface area contributed by atoms with Crippen molar-refractivity contribution in [1.29, 1.82) is 0 Å². The zero-order valence-corrected chi connectivity index (χ0v) is 13.1. The predicted octanol–water partition coefficient (Wildman–Crippen LogP) is 2.02. The summed E-state index contributed by atoms with van der Waals surface area (Å²) in [6.45, 7) is 11.2. The second-order valence-corrected chi connectivity index (χ2v) is 6.99. The van der Waals surface area contributed by atoms with Gasteiger partial charge in [-0.05, 0) is 39.3 Å². The van der Waals surface area contributed by atoms with E-state index in [-0.39, 0.29) is 5.54 Å². The molecule has 2 N–H and O–H groups in total. The fourth-order valence-corrected chi connectivity index (χ4v) is 2.63. The van der Waals surface area contributed by atoms with Crippen LogP contribution >= 0.6 is 0 Å². The minimum Gasteiger partial charge on any atom is -0.329 e. The van der Waals surface area contributed by atoms with Gasteiger partial charge in [0.2, 0.25) is 0 Å². The van der Waals surface area contributed by atoms with Gasteiger partial charge in [0.1, 0.15) is 0 Å². The second-order valence-electron chi connectivity index (χ2n) is 6.99. The molecule has 0 aromatic carbocycles. The number of likely N-dealkylation sites (N-methyl/N-ethyl adjacent to an activating group) is 1. The Morgan fingerprint density at radius 1 is 1.22 bits per heavy atom. The van der Waals surface area contributed by atoms with Crippen LogP contribution in [0.2, 0.25) is 0 Å². The molecule has 0 aromatic heterocycles. The fourth-order valence-electron chi connectivity index (χ4n) is 2.63. The molecule has 18 heavy (non-hydrogen) atoms. The zero-order chi connectivity index (χ0) is 13.8. The highest BCUT2D eigenvalue weighted by Crippen LogP contribution is 2.38. The van der Waals surface area contributed by atoms with Gasteiger partial charge in [-0.2, -0.15) is 0 Å². The molecule has 1 atom stereocenters. The maximum Gasteiger partial charge on any atom is 0.0306 e. The molecule has 1 rings (SSSR count). The Kier molecular flexibility index (Phi) is 6.09. The first kappa shape index (κ1) is 15.9. The highest BCUT2D eigenvalue weighted by molar-refractivity contribution is 4.93. The number of hydrogen-bond donors (Lipinski definition) is 1. The van der Waals surface area contributed by atoms with Crippen molar-refractivity contribution in [3.8, 4) is 0 Å². The minimum absolute atomic E-state index is 0.196. The second kappa shape index (κ2) is 6.88. The monoisotopic (exact) mass is 255 g/mol. The average Bonchev–Trinajstić information content (AvgIpc) is 3.07. The van der Waals surface area contributed by atoms with Crippen LogP contribution < -0.4 is 5.73 Å². The summed E-state index contributed by atoms with van der Waals surface area (Å²) in [6, 6.07) is 0. The lowest BCUT2D eigenvalue weighted by molar-refractivity contribution is 0.0751. The molecule has 1 saturated carbocycles. The van der Waals surface area contributed by atoms with E-state index in [1.807, 2.05) is 0 Å². The van der Waals surface area contributed by atoms with Crippen molar-refractivity contribution < 1.29 is 0 Å². The molecule has 0 aromatic rings. The van der Waals surface area contributed by atoms with Gasteiger partial charge in [0.15, 0.2) is 0 Å². The van der Waals surface area contributed by atoms with Gasteiger partial charge >= 0.3 is 0 Å². The van der Waals surface area contributed by atoms with E-state index >= 15 is 0 Å². The number of rotatable bonds is 9. The summed E-state index contributed by atoms with van der Waals surface area (Å²) in [6.07, 6.45) is 4.11. The molecule has 1 aliphatic rings. The molecule has 1 aliphatic carbocycles. The average molecular weight is 255 g/mol. The van der Waals surface area contributed by atoms with Crippen molar-refractivity contribution in [3.05, 3.63) is 0 Å². The molecule has 0 aliphatic heterocycles. The van der Waals surface area contributed by atoms with Crippen LogP contribution in [0.3, 0.4) is 0 Å². The third-order valence-electron chi connectivity index (χ3n) is 4.03. The van der Waals surface area contributed by atoms with E-state index in [2.05, 4.69) is 44.7 Å². The van der Waals surface area contributed by atoms with Crippen molar-refractivity contribution in [2.24, 2.45) is 17.6 Å². The fraction of sp³-hybridized carbons (Fsp3) is 1.00. The van der Waals surface area contributed by atoms with E-state index in [9.17, 15) is 0 Å². The van der Waals surface area contributed by atoms with Gasteiger partial charge in [-0.1, -0.05) is 26.7 Å². The summed E-state index contributed by atoms with van der Waals surface area (Å²) in [5.41, 5.74) is 6.31. The lowest BCUT2D eigenvalue weighted by atomic mass is 9.91. The highest BCUT2D eigenvalue weighted by atomic mass is 15.2. The van der Waals surface area contributed by atoms with E-state index in [0.29, 0.717) is 5.92 Å². The van der Waals surface area contributed by atoms with Crippen LogP contribution in [-0.2, 0) is 0 Å². The largest absolute Gasteiger partial charge is 0.329 e. The zero-order valence-electron chi connectivity index (χ0n) is 13.1. The van der Waals surface area contributed by atoms with Crippen molar-refractivity contribution >= 4 is 0 Å². The van der Waals surface area contributed by atoms with Gasteiger partial charge < -0.3 is 10.6 Å². The van der Waals surface area contributed by atoms with Gasteiger partial charge in [0, 0.05) is 31.7 Å². The van der Waals surface area contributed by atoms with Crippen molar-refractivity contribution in [2.75, 3.05) is 40.3 Å². The molecule has 0 radical (unpaired) electrons. The van der Waals surface area contributed by atoms with Gasteiger partial charge in [-0.15, -0.1) is 0 Å². The number of nitrogens with zero attached hydrogens (tertiary/aromatic N) is 2. The Bertz CT molecular complexity index is 236. The Morgan fingerprint density at radius 3 is 2.22 bits per heavy atom. The third kappa shape index (κ3) is 5.25. The molecule has 3 nitrogen and oxygen atoms in total. The summed E-state index contributed by atoms with van der Waals surface area (Å²) >= 11 is 0. The molecular weight excluding hydrogens is 222 g/mol. The summed E-state index contributed by atoms with van der Waals surface area (Å²) in [4.78, 5) is 4.90. The van der Waals surface area contributed by atoms with E-state index in [1.54, 1.807) is 0 Å². The lowest BCUT2D eigenvalue weighted by Gasteiger charge is -2.42. The molecule has 0 heterocycles. The Balaban J connectivity index is 2.62.